The van der Waals surface area contributed by atoms with Crippen LogP contribution in [0, 0.1) is 0 Å². The first-order valence-corrected chi connectivity index (χ1v) is 19.6. The summed E-state index contributed by atoms with van der Waals surface area (Å²) in [4.78, 5) is 78.7. The third-order valence-electron chi connectivity index (χ3n) is 7.46. The minimum absolute atomic E-state index is 0.141. The molecule has 2 aliphatic rings. The first-order chi connectivity index (χ1) is 24.8. The number of hydrogen-bond acceptors (Lipinski definition) is 10. The minimum Gasteiger partial charge on any atom is -0.293 e. The normalized spacial score (nSPS) is 15.7. The number of carbonyl (C=O) groups is 6. The van der Waals surface area contributed by atoms with E-state index in [1.165, 1.54) is 46.2 Å². The van der Waals surface area contributed by atoms with Crippen LogP contribution in [0.4, 0.5) is 0 Å². The molecule has 20 heteroatoms. The smallest absolute Gasteiger partial charge is 0.271 e. The van der Waals surface area contributed by atoms with Crippen LogP contribution in [0.15, 0.2) is 46.2 Å². The van der Waals surface area contributed by atoms with Gasteiger partial charge in [0.05, 0.1) is 31.0 Å². The van der Waals surface area contributed by atoms with Crippen molar-refractivity contribution in [3.63, 3.8) is 0 Å². The Morgan fingerprint density at radius 1 is 0.577 bits per heavy atom. The molecule has 0 saturated carbocycles. The number of carbonyl (C=O) groups excluding carboxylic acids is 6. The minimum atomic E-state index is -0.578. The highest BCUT2D eigenvalue weighted by molar-refractivity contribution is 8.29. The number of thiocarbonyl (C=S) groups is 2. The SMILES string of the molecule is O=C(CCCCCN1C(=O)C(=C2SC(=S)N(CCCCCC(=O)NNC(=O)c3ccc(Cl)cc3Cl)C2=O)SC1=S)NNC(=O)c1ccc(Cl)cc1Cl. The molecule has 4 N–H and O–H groups in total. The average molecular weight is 865 g/mol. The first-order valence-electron chi connectivity index (χ1n) is 15.7. The maximum atomic E-state index is 13.2. The number of hydrogen-bond donors (Lipinski definition) is 4. The van der Waals surface area contributed by atoms with Gasteiger partial charge in [0.1, 0.15) is 8.64 Å². The molecule has 0 bridgehead atoms. The van der Waals surface area contributed by atoms with Crippen LogP contribution in [0.1, 0.15) is 72.1 Å². The lowest BCUT2D eigenvalue weighted by molar-refractivity contribution is -0.124. The van der Waals surface area contributed by atoms with E-state index in [1.807, 2.05) is 0 Å². The number of rotatable bonds is 14. The number of amides is 6. The molecule has 52 heavy (non-hydrogen) atoms. The second-order valence-electron chi connectivity index (χ2n) is 11.2. The van der Waals surface area contributed by atoms with E-state index in [9.17, 15) is 28.8 Å². The van der Waals surface area contributed by atoms with Crippen LogP contribution in [0.3, 0.4) is 0 Å². The second kappa shape index (κ2) is 19.9. The lowest BCUT2D eigenvalue weighted by atomic mass is 10.2. The summed E-state index contributed by atoms with van der Waals surface area (Å²) in [5.41, 5.74) is 9.66. The van der Waals surface area contributed by atoms with Crippen molar-refractivity contribution < 1.29 is 28.8 Å². The number of nitrogens with zero attached hydrogens (tertiary/aromatic N) is 2. The van der Waals surface area contributed by atoms with Gasteiger partial charge < -0.3 is 0 Å². The Labute approximate surface area is 338 Å². The number of unbranched alkanes of at least 4 members (excludes halogenated alkanes) is 4. The van der Waals surface area contributed by atoms with Crippen LogP contribution in [-0.4, -0.2) is 67.0 Å². The van der Waals surface area contributed by atoms with E-state index in [2.05, 4.69) is 21.7 Å². The van der Waals surface area contributed by atoms with Gasteiger partial charge >= 0.3 is 0 Å². The summed E-state index contributed by atoms with van der Waals surface area (Å²) >= 11 is 36.7. The summed E-state index contributed by atoms with van der Waals surface area (Å²) in [6.07, 6.45) is 3.60. The van der Waals surface area contributed by atoms with Crippen LogP contribution in [-0.2, 0) is 19.2 Å². The molecule has 6 amide bonds. The van der Waals surface area contributed by atoms with Crippen LogP contribution in [0.2, 0.25) is 20.1 Å². The maximum absolute atomic E-state index is 13.2. The zero-order chi connectivity index (χ0) is 37.9. The average Bonchev–Trinajstić information content (AvgIpc) is 3.53. The molecule has 2 aliphatic heterocycles. The lowest BCUT2D eigenvalue weighted by Gasteiger charge is -2.14. The highest BCUT2D eigenvalue weighted by Crippen LogP contribution is 2.42. The molecule has 2 aromatic rings. The maximum Gasteiger partial charge on any atom is 0.271 e. The van der Waals surface area contributed by atoms with Crippen LogP contribution in [0.25, 0.3) is 0 Å². The van der Waals surface area contributed by atoms with Gasteiger partial charge in [0.25, 0.3) is 23.6 Å². The molecule has 0 aliphatic carbocycles. The molecule has 2 fully saturated rings. The number of halogens is 4. The molecule has 0 radical (unpaired) electrons. The molecule has 0 unspecified atom stereocenters. The Morgan fingerprint density at radius 2 is 0.962 bits per heavy atom. The van der Waals surface area contributed by atoms with Gasteiger partial charge in [-0.3, -0.25) is 60.3 Å². The van der Waals surface area contributed by atoms with Gasteiger partial charge in [-0.2, -0.15) is 0 Å². The van der Waals surface area contributed by atoms with Crippen LogP contribution in [0.5, 0.6) is 0 Å². The van der Waals surface area contributed by atoms with Crippen molar-refractivity contribution in [2.45, 2.75) is 51.4 Å². The Balaban J connectivity index is 1.13. The summed E-state index contributed by atoms with van der Waals surface area (Å²) in [5, 5.41) is 1.07. The topological polar surface area (TPSA) is 157 Å². The van der Waals surface area contributed by atoms with Crippen molar-refractivity contribution in [2.24, 2.45) is 0 Å². The predicted octanol–water partition coefficient (Wildman–Crippen LogP) is 6.58. The Kier molecular flexibility index (Phi) is 16.0. The van der Waals surface area contributed by atoms with Crippen molar-refractivity contribution in [3.05, 3.63) is 77.4 Å². The molecule has 0 atom stereocenters. The fraction of sp³-hybridized carbons (Fsp3) is 0.312. The molecule has 0 aromatic heterocycles. The van der Waals surface area contributed by atoms with Crippen molar-refractivity contribution in [1.29, 1.82) is 0 Å². The Bertz CT molecular complexity index is 1720. The summed E-state index contributed by atoms with van der Waals surface area (Å²) in [7, 11) is 0. The van der Waals surface area contributed by atoms with E-state index < -0.39 is 11.8 Å². The quantitative estimate of drug-likeness (QED) is 0.0709. The number of nitrogens with one attached hydrogen (secondary N) is 4. The predicted molar refractivity (Wildman–Crippen MR) is 212 cm³/mol. The molecule has 0 spiro atoms. The summed E-state index contributed by atoms with van der Waals surface area (Å²) in [5.74, 6) is -2.67. The van der Waals surface area contributed by atoms with Crippen molar-refractivity contribution in [2.75, 3.05) is 13.1 Å². The third kappa shape index (κ3) is 11.5. The Morgan fingerprint density at radius 3 is 1.33 bits per heavy atom. The fourth-order valence-corrected chi connectivity index (χ4v) is 8.54. The van der Waals surface area contributed by atoms with Gasteiger partial charge in [-0.15, -0.1) is 0 Å². The summed E-state index contributed by atoms with van der Waals surface area (Å²) in [6.45, 7) is 0.627. The highest BCUT2D eigenvalue weighted by Gasteiger charge is 2.41. The fourth-order valence-electron chi connectivity index (χ4n) is 4.78. The zero-order valence-electron chi connectivity index (χ0n) is 27.0. The Hall–Kier alpha value is -2.96. The van der Waals surface area contributed by atoms with E-state index in [1.54, 1.807) is 0 Å². The number of benzene rings is 2. The number of hydrazine groups is 2. The zero-order valence-corrected chi connectivity index (χ0v) is 33.3. The van der Waals surface area contributed by atoms with Crippen molar-refractivity contribution in [3.8, 4) is 0 Å². The van der Waals surface area contributed by atoms with Crippen LogP contribution < -0.4 is 21.7 Å². The van der Waals surface area contributed by atoms with Crippen LogP contribution >= 0.6 is 94.4 Å². The van der Waals surface area contributed by atoms with Gasteiger partial charge in [0.2, 0.25) is 11.8 Å². The standard InChI is InChI=1S/C32H30Cl4N6O6S4/c33-17-9-11-19(21(35)15-17)27(45)39-37-23(43)7-3-1-5-13-41-29(47)25(51-31(41)49)26-30(48)42(32(50)52-26)14-6-2-4-8-24(44)38-40-28(46)20-12-10-18(34)16-22(20)36/h9-12,15-16H,1-8,13-14H2,(H,37,43)(H,38,44)(H,39,45)(H,40,46). The molecule has 2 aromatic carbocycles. The summed E-state index contributed by atoms with van der Waals surface area (Å²) < 4.78 is 0.662. The van der Waals surface area contributed by atoms with Crippen molar-refractivity contribution in [1.82, 2.24) is 31.5 Å². The number of thioether (sulfide) groups is 2. The van der Waals surface area contributed by atoms with Gasteiger partial charge in [-0.25, -0.2) is 0 Å². The first kappa shape index (κ1) is 41.8. The van der Waals surface area contributed by atoms with E-state index >= 15 is 0 Å². The largest absolute Gasteiger partial charge is 0.293 e. The van der Waals surface area contributed by atoms with Gasteiger partial charge in [-0.1, -0.05) is 107 Å². The summed E-state index contributed by atoms with van der Waals surface area (Å²) in [6, 6.07) is 8.77. The molecule has 2 saturated heterocycles. The van der Waals surface area contributed by atoms with Crippen molar-refractivity contribution >= 4 is 138 Å². The third-order valence-corrected chi connectivity index (χ3v) is 11.6. The van der Waals surface area contributed by atoms with E-state index in [4.69, 9.17) is 70.8 Å². The monoisotopic (exact) mass is 862 g/mol. The van der Waals surface area contributed by atoms with E-state index in [-0.39, 0.29) is 67.5 Å². The molecule has 276 valence electrons. The second-order valence-corrected chi connectivity index (χ2v) is 16.2. The molecule has 2 heterocycles. The molecule has 4 rings (SSSR count). The van der Waals surface area contributed by atoms with Gasteiger partial charge in [0.15, 0.2) is 0 Å². The highest BCUT2D eigenvalue weighted by atomic mass is 35.5. The van der Waals surface area contributed by atoms with E-state index in [0.717, 1.165) is 23.5 Å². The molecular formula is C32H30Cl4N6O6S4. The lowest BCUT2D eigenvalue weighted by Crippen LogP contribution is -2.41. The van der Waals surface area contributed by atoms with Gasteiger partial charge in [0, 0.05) is 36.0 Å². The van der Waals surface area contributed by atoms with Gasteiger partial charge in [-0.05, 0) is 62.1 Å². The molecule has 12 nitrogen and oxygen atoms in total. The van der Waals surface area contributed by atoms with E-state index in [0.29, 0.717) is 70.3 Å². The molecular weight excluding hydrogens is 834 g/mol.